The molecule has 5 heteroatoms. The van der Waals surface area contributed by atoms with Crippen LogP contribution in [-0.2, 0) is 22.6 Å². The molecule has 5 nitrogen and oxygen atoms in total. The standard InChI is InChI=1S/C28H30N2O3/c1-2-33-28(32)26-17-18-29(21-26)30(19-22-9-5-3-6-10-22)20-23-13-15-25(16-14-23)27(31)24-11-7-4-8-12-24/h3-16,26H,2,17-21H2,1H3/t26-/m0/s1. The monoisotopic (exact) mass is 442 g/mol. The zero-order valence-electron chi connectivity index (χ0n) is 19.0. The third kappa shape index (κ3) is 5.95. The van der Waals surface area contributed by atoms with Crippen LogP contribution in [0.3, 0.4) is 0 Å². The summed E-state index contributed by atoms with van der Waals surface area (Å²) < 4.78 is 5.25. The van der Waals surface area contributed by atoms with Gasteiger partial charge in [0.1, 0.15) is 0 Å². The minimum atomic E-state index is -0.108. The maximum Gasteiger partial charge on any atom is 0.310 e. The maximum absolute atomic E-state index is 12.7. The van der Waals surface area contributed by atoms with Crippen molar-refractivity contribution in [3.8, 4) is 0 Å². The lowest BCUT2D eigenvalue weighted by molar-refractivity contribution is -0.148. The van der Waals surface area contributed by atoms with Crippen LogP contribution in [0.2, 0.25) is 0 Å². The van der Waals surface area contributed by atoms with Crippen molar-refractivity contribution in [3.05, 3.63) is 107 Å². The maximum atomic E-state index is 12.7. The van der Waals surface area contributed by atoms with Gasteiger partial charge in [-0.1, -0.05) is 84.9 Å². The number of carbonyl (C=O) groups excluding carboxylic acids is 2. The average Bonchev–Trinajstić information content (AvgIpc) is 3.36. The summed E-state index contributed by atoms with van der Waals surface area (Å²) >= 11 is 0. The summed E-state index contributed by atoms with van der Waals surface area (Å²) in [5.41, 5.74) is 3.71. The number of carbonyl (C=O) groups is 2. The lowest BCUT2D eigenvalue weighted by Crippen LogP contribution is -2.40. The SMILES string of the molecule is CCOC(=O)[C@H]1CCN(N(Cc2ccccc2)Cc2ccc(C(=O)c3ccccc3)cc2)C1. The van der Waals surface area contributed by atoms with Gasteiger partial charge in [-0.15, -0.1) is 0 Å². The molecule has 1 saturated heterocycles. The average molecular weight is 443 g/mol. The topological polar surface area (TPSA) is 49.9 Å². The summed E-state index contributed by atoms with van der Waals surface area (Å²) in [6.45, 7) is 5.19. The van der Waals surface area contributed by atoms with Crippen molar-refractivity contribution in [3.63, 3.8) is 0 Å². The minimum Gasteiger partial charge on any atom is -0.466 e. The molecule has 1 aliphatic rings. The highest BCUT2D eigenvalue weighted by atomic mass is 16.5. The largest absolute Gasteiger partial charge is 0.466 e. The van der Waals surface area contributed by atoms with E-state index in [-0.39, 0.29) is 17.7 Å². The van der Waals surface area contributed by atoms with E-state index < -0.39 is 0 Å². The van der Waals surface area contributed by atoms with Gasteiger partial charge in [0, 0.05) is 37.3 Å². The molecule has 0 radical (unpaired) electrons. The lowest BCUT2D eigenvalue weighted by Gasteiger charge is -2.32. The molecular formula is C28H30N2O3. The van der Waals surface area contributed by atoms with Crippen molar-refractivity contribution >= 4 is 11.8 Å². The van der Waals surface area contributed by atoms with Gasteiger partial charge < -0.3 is 4.74 Å². The highest BCUT2D eigenvalue weighted by Gasteiger charge is 2.32. The predicted molar refractivity (Wildman–Crippen MR) is 128 cm³/mol. The van der Waals surface area contributed by atoms with Gasteiger partial charge in [0.05, 0.1) is 12.5 Å². The van der Waals surface area contributed by atoms with Gasteiger partial charge in [0.15, 0.2) is 5.78 Å². The lowest BCUT2D eigenvalue weighted by atomic mass is 10.0. The molecule has 0 bridgehead atoms. The minimum absolute atomic E-state index is 0.0279. The third-order valence-corrected chi connectivity index (χ3v) is 6.01. The molecule has 1 heterocycles. The molecule has 0 spiro atoms. The van der Waals surface area contributed by atoms with Crippen LogP contribution in [0.15, 0.2) is 84.9 Å². The number of ketones is 1. The molecule has 0 amide bonds. The Labute approximate surface area is 195 Å². The Bertz CT molecular complexity index is 1050. The predicted octanol–water partition coefficient (Wildman–Crippen LogP) is 4.72. The molecule has 170 valence electrons. The van der Waals surface area contributed by atoms with E-state index in [2.05, 4.69) is 22.2 Å². The molecule has 0 saturated carbocycles. The molecule has 0 aliphatic carbocycles. The Kier molecular flexibility index (Phi) is 7.66. The number of ether oxygens (including phenoxy) is 1. The van der Waals surface area contributed by atoms with Crippen LogP contribution in [0, 0.1) is 5.92 Å². The molecule has 3 aromatic rings. The van der Waals surface area contributed by atoms with Gasteiger partial charge in [-0.05, 0) is 24.5 Å². The summed E-state index contributed by atoms with van der Waals surface area (Å²) in [6.07, 6.45) is 0.800. The summed E-state index contributed by atoms with van der Waals surface area (Å²) in [5.74, 6) is -0.169. The van der Waals surface area contributed by atoms with Crippen LogP contribution in [0.5, 0.6) is 0 Å². The Hall–Kier alpha value is -3.28. The summed E-state index contributed by atoms with van der Waals surface area (Å²) in [5, 5.41) is 4.56. The number of rotatable bonds is 9. The number of hydrazine groups is 1. The van der Waals surface area contributed by atoms with Gasteiger partial charge in [-0.3, -0.25) is 9.59 Å². The van der Waals surface area contributed by atoms with Crippen LogP contribution >= 0.6 is 0 Å². The van der Waals surface area contributed by atoms with Gasteiger partial charge in [0.2, 0.25) is 0 Å². The zero-order chi connectivity index (χ0) is 23.0. The van der Waals surface area contributed by atoms with Crippen LogP contribution in [-0.4, -0.2) is 41.5 Å². The van der Waals surface area contributed by atoms with Crippen molar-refractivity contribution < 1.29 is 14.3 Å². The van der Waals surface area contributed by atoms with E-state index in [4.69, 9.17) is 4.74 Å². The van der Waals surface area contributed by atoms with E-state index in [1.54, 1.807) is 0 Å². The Balaban J connectivity index is 1.48. The second-order valence-corrected chi connectivity index (χ2v) is 8.35. The molecule has 3 aromatic carbocycles. The van der Waals surface area contributed by atoms with Crippen LogP contribution in [0.25, 0.3) is 0 Å². The molecular weight excluding hydrogens is 412 g/mol. The fourth-order valence-electron chi connectivity index (χ4n) is 4.23. The third-order valence-electron chi connectivity index (χ3n) is 6.01. The van der Waals surface area contributed by atoms with E-state index in [9.17, 15) is 9.59 Å². The first-order valence-corrected chi connectivity index (χ1v) is 11.5. The number of esters is 1. The van der Waals surface area contributed by atoms with Gasteiger partial charge in [0.25, 0.3) is 0 Å². The zero-order valence-corrected chi connectivity index (χ0v) is 19.0. The smallest absolute Gasteiger partial charge is 0.310 e. The fourth-order valence-corrected chi connectivity index (χ4v) is 4.23. The molecule has 0 unspecified atom stereocenters. The second-order valence-electron chi connectivity index (χ2n) is 8.35. The van der Waals surface area contributed by atoms with Crippen molar-refractivity contribution in [1.29, 1.82) is 0 Å². The van der Waals surface area contributed by atoms with Gasteiger partial charge in [-0.2, -0.15) is 0 Å². The van der Waals surface area contributed by atoms with E-state index in [0.29, 0.717) is 30.8 Å². The summed E-state index contributed by atoms with van der Waals surface area (Å²) in [7, 11) is 0. The molecule has 4 rings (SSSR count). The Morgan fingerprint density at radius 1 is 0.848 bits per heavy atom. The molecule has 33 heavy (non-hydrogen) atoms. The van der Waals surface area contributed by atoms with Gasteiger partial charge >= 0.3 is 5.97 Å². The first-order chi connectivity index (χ1) is 16.1. The quantitative estimate of drug-likeness (QED) is 0.355. The van der Waals surface area contributed by atoms with Gasteiger partial charge in [-0.25, -0.2) is 10.0 Å². The number of benzene rings is 3. The molecule has 0 N–H and O–H groups in total. The molecule has 1 fully saturated rings. The van der Waals surface area contributed by atoms with Crippen molar-refractivity contribution in [2.24, 2.45) is 5.92 Å². The van der Waals surface area contributed by atoms with Crippen molar-refractivity contribution in [2.45, 2.75) is 26.4 Å². The highest BCUT2D eigenvalue weighted by Crippen LogP contribution is 2.23. The van der Waals surface area contributed by atoms with E-state index in [1.165, 1.54) is 5.56 Å². The molecule has 0 aromatic heterocycles. The Morgan fingerprint density at radius 3 is 2.06 bits per heavy atom. The van der Waals surface area contributed by atoms with Crippen molar-refractivity contribution in [1.82, 2.24) is 10.0 Å². The number of nitrogens with zero attached hydrogens (tertiary/aromatic N) is 2. The van der Waals surface area contributed by atoms with E-state index in [0.717, 1.165) is 25.1 Å². The van der Waals surface area contributed by atoms with E-state index in [1.807, 2.05) is 79.7 Å². The first-order valence-electron chi connectivity index (χ1n) is 11.5. The van der Waals surface area contributed by atoms with Crippen LogP contribution in [0.4, 0.5) is 0 Å². The normalized spacial score (nSPS) is 16.1. The summed E-state index contributed by atoms with van der Waals surface area (Å²) in [4.78, 5) is 25.0. The first kappa shape index (κ1) is 22.9. The number of hydrogen-bond donors (Lipinski definition) is 0. The Morgan fingerprint density at radius 2 is 1.42 bits per heavy atom. The molecule has 1 aliphatic heterocycles. The fraction of sp³-hybridized carbons (Fsp3) is 0.286. The highest BCUT2D eigenvalue weighted by molar-refractivity contribution is 6.08. The summed E-state index contributed by atoms with van der Waals surface area (Å²) in [6, 6.07) is 27.5. The molecule has 1 atom stereocenters. The van der Waals surface area contributed by atoms with Crippen molar-refractivity contribution in [2.75, 3.05) is 19.7 Å². The van der Waals surface area contributed by atoms with Crippen LogP contribution < -0.4 is 0 Å². The number of hydrogen-bond acceptors (Lipinski definition) is 5. The van der Waals surface area contributed by atoms with Crippen LogP contribution in [0.1, 0.15) is 40.4 Å². The second kappa shape index (κ2) is 11.0. The van der Waals surface area contributed by atoms with E-state index >= 15 is 0 Å².